The highest BCUT2D eigenvalue weighted by Gasteiger charge is 2.20. The number of nitrogens with one attached hydrogen (secondary N) is 2. The summed E-state index contributed by atoms with van der Waals surface area (Å²) in [5, 5.41) is 10.5. The Morgan fingerprint density at radius 1 is 1.13 bits per heavy atom. The fourth-order valence-electron chi connectivity index (χ4n) is 4.47. The molecule has 1 aliphatic heterocycles. The van der Waals surface area contributed by atoms with Crippen molar-refractivity contribution in [2.75, 3.05) is 82.4 Å². The number of anilines is 3. The number of hydrogen-bond donors (Lipinski definition) is 3. The maximum atomic E-state index is 14.9. The molecule has 12 nitrogen and oxygen atoms in total. The van der Waals surface area contributed by atoms with Gasteiger partial charge in [0.2, 0.25) is 11.9 Å². The number of halogens is 1. The number of benzene rings is 1. The SMILES string of the molecule is CN(C)CCNC(=O)c1ccc(N2CCN(CCNc3nc(N)n4nc(-c5ccco5)cc4n3)CC2)c(F)c1. The summed E-state index contributed by atoms with van der Waals surface area (Å²) >= 11 is 0. The molecule has 0 atom stereocenters. The van der Waals surface area contributed by atoms with E-state index in [1.807, 2.05) is 30.0 Å². The minimum absolute atomic E-state index is 0.230. The fraction of sp³-hybridized carbons (Fsp3) is 0.385. The average molecular weight is 537 g/mol. The van der Waals surface area contributed by atoms with E-state index in [0.717, 1.165) is 26.2 Å². The molecule has 1 aromatic carbocycles. The summed E-state index contributed by atoms with van der Waals surface area (Å²) in [5.74, 6) is 0.636. The number of amides is 1. The van der Waals surface area contributed by atoms with Gasteiger partial charge in [0.25, 0.3) is 5.91 Å². The number of piperazine rings is 1. The minimum Gasteiger partial charge on any atom is -0.463 e. The second-order valence-corrected chi connectivity index (χ2v) is 9.66. The number of nitrogen functional groups attached to an aromatic ring is 1. The van der Waals surface area contributed by atoms with Crippen molar-refractivity contribution in [2.45, 2.75) is 0 Å². The fourth-order valence-corrected chi connectivity index (χ4v) is 4.47. The van der Waals surface area contributed by atoms with Crippen LogP contribution >= 0.6 is 0 Å². The van der Waals surface area contributed by atoms with Crippen molar-refractivity contribution >= 4 is 29.1 Å². The van der Waals surface area contributed by atoms with Crippen LogP contribution in [0.25, 0.3) is 17.1 Å². The zero-order valence-electron chi connectivity index (χ0n) is 22.1. The number of nitrogens with zero attached hydrogens (tertiary/aromatic N) is 7. The van der Waals surface area contributed by atoms with Gasteiger partial charge in [-0.25, -0.2) is 4.39 Å². The van der Waals surface area contributed by atoms with Crippen LogP contribution in [0.15, 0.2) is 47.1 Å². The van der Waals surface area contributed by atoms with E-state index in [-0.39, 0.29) is 17.7 Å². The maximum absolute atomic E-state index is 14.9. The van der Waals surface area contributed by atoms with Gasteiger partial charge < -0.3 is 30.6 Å². The first-order chi connectivity index (χ1) is 18.9. The highest BCUT2D eigenvalue weighted by molar-refractivity contribution is 5.94. The number of fused-ring (bicyclic) bond motifs is 1. The van der Waals surface area contributed by atoms with Crippen LogP contribution in [-0.4, -0.2) is 102 Å². The molecule has 1 saturated heterocycles. The Morgan fingerprint density at radius 2 is 1.95 bits per heavy atom. The van der Waals surface area contributed by atoms with Gasteiger partial charge in [-0.3, -0.25) is 9.69 Å². The van der Waals surface area contributed by atoms with Crippen LogP contribution in [0.4, 0.5) is 22.0 Å². The monoisotopic (exact) mass is 536 g/mol. The van der Waals surface area contributed by atoms with Gasteiger partial charge in [0.15, 0.2) is 11.4 Å². The Kier molecular flexibility index (Phi) is 7.89. The molecule has 0 bridgehead atoms. The first-order valence-corrected chi connectivity index (χ1v) is 12.9. The molecule has 1 aliphatic rings. The number of likely N-dealkylation sites (N-methyl/N-ethyl adjacent to an activating group) is 1. The topological polar surface area (TPSA) is 133 Å². The first-order valence-electron chi connectivity index (χ1n) is 12.9. The summed E-state index contributed by atoms with van der Waals surface area (Å²) < 4.78 is 21.7. The third-order valence-electron chi connectivity index (χ3n) is 6.60. The largest absolute Gasteiger partial charge is 0.463 e. The molecule has 0 aliphatic carbocycles. The zero-order chi connectivity index (χ0) is 27.4. The van der Waals surface area contributed by atoms with Gasteiger partial charge in [0.1, 0.15) is 11.5 Å². The molecule has 4 N–H and O–H groups in total. The molecule has 39 heavy (non-hydrogen) atoms. The van der Waals surface area contributed by atoms with Crippen molar-refractivity contribution in [2.24, 2.45) is 0 Å². The molecular formula is C26H33FN10O2. The molecule has 0 spiro atoms. The lowest BCUT2D eigenvalue weighted by Crippen LogP contribution is -2.48. The average Bonchev–Trinajstić information content (AvgIpc) is 3.59. The second-order valence-electron chi connectivity index (χ2n) is 9.66. The molecule has 13 heteroatoms. The highest BCUT2D eigenvalue weighted by Crippen LogP contribution is 2.23. The molecule has 1 fully saturated rings. The van der Waals surface area contributed by atoms with Gasteiger partial charge >= 0.3 is 0 Å². The van der Waals surface area contributed by atoms with Crippen molar-refractivity contribution in [1.29, 1.82) is 0 Å². The van der Waals surface area contributed by atoms with Crippen molar-refractivity contribution in [3.63, 3.8) is 0 Å². The lowest BCUT2D eigenvalue weighted by atomic mass is 10.1. The number of carbonyl (C=O) groups excluding carboxylic acids is 1. The summed E-state index contributed by atoms with van der Waals surface area (Å²) in [4.78, 5) is 27.4. The molecule has 0 unspecified atom stereocenters. The van der Waals surface area contributed by atoms with Gasteiger partial charge in [0, 0.05) is 64.0 Å². The Balaban J connectivity index is 1.10. The highest BCUT2D eigenvalue weighted by atomic mass is 19.1. The van der Waals surface area contributed by atoms with E-state index in [1.54, 1.807) is 30.5 Å². The van der Waals surface area contributed by atoms with E-state index in [4.69, 9.17) is 10.2 Å². The number of aromatic nitrogens is 4. The molecule has 4 aromatic rings. The molecule has 5 rings (SSSR count). The molecule has 206 valence electrons. The minimum atomic E-state index is -0.384. The molecular weight excluding hydrogens is 503 g/mol. The number of nitrogens with two attached hydrogens (primary N) is 1. The molecule has 4 heterocycles. The summed E-state index contributed by atoms with van der Waals surface area (Å²) in [6.07, 6.45) is 1.59. The normalized spacial score (nSPS) is 14.3. The van der Waals surface area contributed by atoms with Crippen LogP contribution in [0.3, 0.4) is 0 Å². The maximum Gasteiger partial charge on any atom is 0.251 e. The zero-order valence-corrected chi connectivity index (χ0v) is 22.1. The van der Waals surface area contributed by atoms with E-state index in [2.05, 4.69) is 30.6 Å². The summed E-state index contributed by atoms with van der Waals surface area (Å²) in [7, 11) is 3.87. The Bertz CT molecular complexity index is 1410. The van der Waals surface area contributed by atoms with E-state index < -0.39 is 0 Å². The van der Waals surface area contributed by atoms with Crippen LogP contribution in [0.2, 0.25) is 0 Å². The number of rotatable bonds is 10. The van der Waals surface area contributed by atoms with Crippen molar-refractivity contribution in [3.05, 3.63) is 54.0 Å². The van der Waals surface area contributed by atoms with E-state index in [1.165, 1.54) is 10.6 Å². The Morgan fingerprint density at radius 3 is 2.67 bits per heavy atom. The second kappa shape index (κ2) is 11.7. The number of carbonyl (C=O) groups is 1. The number of hydrogen-bond acceptors (Lipinski definition) is 10. The quantitative estimate of drug-likeness (QED) is 0.275. The van der Waals surface area contributed by atoms with Gasteiger partial charge in [-0.05, 0) is 44.4 Å². The molecule has 1 amide bonds. The third kappa shape index (κ3) is 6.26. The van der Waals surface area contributed by atoms with Gasteiger partial charge in [0.05, 0.1) is 12.0 Å². The predicted octanol–water partition coefficient (Wildman–Crippen LogP) is 1.63. The summed E-state index contributed by atoms with van der Waals surface area (Å²) in [6, 6.07) is 10.1. The molecule has 3 aromatic heterocycles. The van der Waals surface area contributed by atoms with Crippen LogP contribution < -0.4 is 21.3 Å². The van der Waals surface area contributed by atoms with Crippen LogP contribution in [0.1, 0.15) is 10.4 Å². The van der Waals surface area contributed by atoms with Crippen LogP contribution in [0, 0.1) is 5.82 Å². The number of furan rings is 1. The Labute approximate surface area is 225 Å². The van der Waals surface area contributed by atoms with Gasteiger partial charge in [-0.1, -0.05) is 0 Å². The van der Waals surface area contributed by atoms with E-state index in [9.17, 15) is 9.18 Å². The van der Waals surface area contributed by atoms with Crippen LogP contribution in [-0.2, 0) is 0 Å². The summed E-state index contributed by atoms with van der Waals surface area (Å²) in [5.41, 5.74) is 8.14. The standard InChI is InChI=1S/C26H33FN10O2/c1-34(2)9-7-29-24(38)18-5-6-21(19(27)16-18)36-13-11-35(12-14-36)10-8-30-26-31-23-17-20(22-4-3-15-39-22)33-37(23)25(28)32-26/h3-6,15-17H,7-14H2,1-2H3,(H,29,38)(H3,28,30,31,32). The summed E-state index contributed by atoms with van der Waals surface area (Å²) in [6.45, 7) is 5.57. The molecule has 0 saturated carbocycles. The lowest BCUT2D eigenvalue weighted by molar-refractivity contribution is 0.0950. The smallest absolute Gasteiger partial charge is 0.251 e. The van der Waals surface area contributed by atoms with Gasteiger partial charge in [-0.2, -0.15) is 19.6 Å². The molecule has 0 radical (unpaired) electrons. The first kappa shape index (κ1) is 26.4. The Hall–Kier alpha value is -4.23. The van der Waals surface area contributed by atoms with E-state index in [0.29, 0.717) is 60.5 Å². The van der Waals surface area contributed by atoms with Crippen molar-refractivity contribution in [3.8, 4) is 11.5 Å². The lowest BCUT2D eigenvalue weighted by Gasteiger charge is -2.36. The van der Waals surface area contributed by atoms with Crippen LogP contribution in [0.5, 0.6) is 0 Å². The predicted molar refractivity (Wildman–Crippen MR) is 147 cm³/mol. The van der Waals surface area contributed by atoms with Crippen molar-refractivity contribution in [1.82, 2.24) is 34.7 Å². The van der Waals surface area contributed by atoms with E-state index >= 15 is 0 Å². The van der Waals surface area contributed by atoms with Crippen molar-refractivity contribution < 1.29 is 13.6 Å². The third-order valence-corrected chi connectivity index (χ3v) is 6.60. The van der Waals surface area contributed by atoms with Gasteiger partial charge in [-0.15, -0.1) is 0 Å².